The number of likely N-dealkylation sites (N-methyl/N-ethyl adjacent to an activating group) is 2. The minimum Gasteiger partial charge on any atom is -0.337 e. The average molecular weight is 375 g/mol. The van der Waals surface area contributed by atoms with E-state index in [-0.39, 0.29) is 24.3 Å². The van der Waals surface area contributed by atoms with Crippen LogP contribution in [-0.4, -0.2) is 54.7 Å². The fourth-order valence-corrected chi connectivity index (χ4v) is 5.67. The van der Waals surface area contributed by atoms with E-state index in [9.17, 15) is 14.4 Å². The largest absolute Gasteiger partial charge is 0.337 e. The van der Waals surface area contributed by atoms with Crippen LogP contribution in [0.4, 0.5) is 5.00 Å². The van der Waals surface area contributed by atoms with Crippen molar-refractivity contribution in [3.05, 3.63) is 16.0 Å². The number of carbonyl (C=O) groups excluding carboxylic acids is 3. The molecule has 0 atom stereocenters. The predicted octanol–water partition coefficient (Wildman–Crippen LogP) is 2.26. The van der Waals surface area contributed by atoms with E-state index >= 15 is 0 Å². The van der Waals surface area contributed by atoms with E-state index in [0.717, 1.165) is 15.4 Å². The van der Waals surface area contributed by atoms with E-state index < -0.39 is 0 Å². The number of fused-ring (bicyclic) bond motifs is 3. The molecule has 1 fully saturated rings. The van der Waals surface area contributed by atoms with Crippen molar-refractivity contribution >= 4 is 34.1 Å². The van der Waals surface area contributed by atoms with Gasteiger partial charge in [-0.25, -0.2) is 0 Å². The van der Waals surface area contributed by atoms with E-state index in [0.29, 0.717) is 37.4 Å². The molecule has 3 amide bonds. The lowest BCUT2D eigenvalue weighted by Gasteiger charge is -2.28. The third kappa shape index (κ3) is 2.92. The molecule has 3 aliphatic rings. The molecule has 140 valence electrons. The topological polar surface area (TPSA) is 60.9 Å². The first-order valence-electron chi connectivity index (χ1n) is 9.40. The Kier molecular flexibility index (Phi) is 4.50. The summed E-state index contributed by atoms with van der Waals surface area (Å²) in [6.45, 7) is 1.34. The molecule has 2 aliphatic heterocycles. The number of anilines is 1. The van der Waals surface area contributed by atoms with Crippen LogP contribution in [0.5, 0.6) is 0 Å². The molecule has 1 aromatic rings. The minimum atomic E-state index is -0.0825. The van der Waals surface area contributed by atoms with Crippen molar-refractivity contribution in [2.24, 2.45) is 5.92 Å². The summed E-state index contributed by atoms with van der Waals surface area (Å²) < 4.78 is 0. The molecule has 1 aliphatic carbocycles. The summed E-state index contributed by atoms with van der Waals surface area (Å²) in [5.41, 5.74) is 1.71. The van der Waals surface area contributed by atoms with Crippen molar-refractivity contribution in [1.29, 1.82) is 0 Å². The second-order valence-corrected chi connectivity index (χ2v) is 8.80. The van der Waals surface area contributed by atoms with Crippen molar-refractivity contribution in [2.45, 2.75) is 45.1 Å². The maximum absolute atomic E-state index is 12.8. The second kappa shape index (κ2) is 6.68. The Labute approximate surface area is 157 Å². The van der Waals surface area contributed by atoms with Gasteiger partial charge in [0, 0.05) is 31.9 Å². The van der Waals surface area contributed by atoms with Crippen LogP contribution in [0.2, 0.25) is 0 Å². The molecule has 0 N–H and O–H groups in total. The van der Waals surface area contributed by atoms with Gasteiger partial charge in [0.1, 0.15) is 11.5 Å². The SMILES string of the molecule is CN1CC(=O)N(C)c2sc3c(c2C1=O)CCN(C(=O)CC1CCCC1)C3. The van der Waals surface area contributed by atoms with Gasteiger partial charge in [-0.15, -0.1) is 11.3 Å². The van der Waals surface area contributed by atoms with Crippen LogP contribution in [0.1, 0.15) is 52.9 Å². The van der Waals surface area contributed by atoms with Crippen molar-refractivity contribution in [3.63, 3.8) is 0 Å². The van der Waals surface area contributed by atoms with E-state index in [2.05, 4.69) is 0 Å². The summed E-state index contributed by atoms with van der Waals surface area (Å²) in [5.74, 6) is 0.621. The van der Waals surface area contributed by atoms with Gasteiger partial charge in [0.15, 0.2) is 0 Å². The standard InChI is InChI=1S/C19H25N3O3S/c1-20-11-16(24)21(2)19-17(18(20)25)13-7-8-22(10-14(13)26-19)15(23)9-12-5-3-4-6-12/h12H,3-11H2,1-2H3. The molecule has 0 radical (unpaired) electrons. The number of thiophene rings is 1. The number of rotatable bonds is 2. The van der Waals surface area contributed by atoms with Gasteiger partial charge in [-0.1, -0.05) is 12.8 Å². The molecule has 0 unspecified atom stereocenters. The molecule has 1 aromatic heterocycles. The lowest BCUT2D eigenvalue weighted by molar-refractivity contribution is -0.133. The van der Waals surface area contributed by atoms with E-state index in [1.165, 1.54) is 41.9 Å². The number of hydrogen-bond donors (Lipinski definition) is 0. The first-order valence-corrected chi connectivity index (χ1v) is 10.2. The number of amides is 3. The highest BCUT2D eigenvalue weighted by Crippen LogP contribution is 2.41. The third-order valence-corrected chi connectivity index (χ3v) is 7.23. The maximum atomic E-state index is 12.8. The molecule has 0 bridgehead atoms. The zero-order valence-corrected chi connectivity index (χ0v) is 16.2. The average Bonchev–Trinajstić information content (AvgIpc) is 3.24. The normalized spacial score (nSPS) is 21.1. The molecular weight excluding hydrogens is 350 g/mol. The quantitative estimate of drug-likeness (QED) is 0.797. The molecule has 7 heteroatoms. The monoisotopic (exact) mass is 375 g/mol. The van der Waals surface area contributed by atoms with Gasteiger partial charge in [-0.05, 0) is 30.7 Å². The Bertz CT molecular complexity index is 766. The molecular formula is C19H25N3O3S. The van der Waals surface area contributed by atoms with E-state index in [1.54, 1.807) is 19.0 Å². The molecule has 1 saturated carbocycles. The van der Waals surface area contributed by atoms with Crippen LogP contribution in [-0.2, 0) is 22.6 Å². The van der Waals surface area contributed by atoms with Gasteiger partial charge in [0.05, 0.1) is 12.1 Å². The fourth-order valence-electron chi connectivity index (χ4n) is 4.33. The minimum absolute atomic E-state index is 0.0765. The Morgan fingerprint density at radius 2 is 1.88 bits per heavy atom. The molecule has 4 rings (SSSR count). The zero-order chi connectivity index (χ0) is 18.4. The van der Waals surface area contributed by atoms with Gasteiger partial charge in [-0.3, -0.25) is 14.4 Å². The lowest BCUT2D eigenvalue weighted by Crippen LogP contribution is -2.37. The molecule has 6 nitrogen and oxygen atoms in total. The first kappa shape index (κ1) is 17.5. The van der Waals surface area contributed by atoms with E-state index in [1.807, 2.05) is 4.90 Å². The van der Waals surface area contributed by atoms with Gasteiger partial charge >= 0.3 is 0 Å². The fraction of sp³-hybridized carbons (Fsp3) is 0.632. The molecule has 0 spiro atoms. The molecule has 26 heavy (non-hydrogen) atoms. The smallest absolute Gasteiger partial charge is 0.257 e. The molecule has 0 saturated heterocycles. The number of carbonyl (C=O) groups is 3. The van der Waals surface area contributed by atoms with Crippen molar-refractivity contribution < 1.29 is 14.4 Å². The van der Waals surface area contributed by atoms with Crippen molar-refractivity contribution in [2.75, 3.05) is 32.1 Å². The molecule has 3 heterocycles. The Hall–Kier alpha value is -1.89. The second-order valence-electron chi connectivity index (χ2n) is 7.72. The summed E-state index contributed by atoms with van der Waals surface area (Å²) in [6, 6.07) is 0. The lowest BCUT2D eigenvalue weighted by atomic mass is 9.99. The number of hydrogen-bond acceptors (Lipinski definition) is 4. The van der Waals surface area contributed by atoms with Crippen LogP contribution in [0.15, 0.2) is 0 Å². The summed E-state index contributed by atoms with van der Waals surface area (Å²) in [6.07, 6.45) is 6.18. The Morgan fingerprint density at radius 3 is 2.62 bits per heavy atom. The van der Waals surface area contributed by atoms with Gasteiger partial charge < -0.3 is 14.7 Å². The van der Waals surface area contributed by atoms with Crippen LogP contribution < -0.4 is 4.90 Å². The highest BCUT2D eigenvalue weighted by Gasteiger charge is 2.36. The summed E-state index contributed by atoms with van der Waals surface area (Å²) >= 11 is 1.50. The summed E-state index contributed by atoms with van der Waals surface area (Å²) in [5, 5.41) is 0.736. The molecule has 0 aromatic carbocycles. The van der Waals surface area contributed by atoms with Crippen LogP contribution in [0.3, 0.4) is 0 Å². The highest BCUT2D eigenvalue weighted by molar-refractivity contribution is 7.17. The van der Waals surface area contributed by atoms with Gasteiger partial charge in [0.25, 0.3) is 5.91 Å². The zero-order valence-electron chi connectivity index (χ0n) is 15.4. The third-order valence-electron chi connectivity index (χ3n) is 5.94. The first-order chi connectivity index (χ1) is 12.5. The van der Waals surface area contributed by atoms with Crippen molar-refractivity contribution in [3.8, 4) is 0 Å². The summed E-state index contributed by atoms with van der Waals surface area (Å²) in [7, 11) is 3.41. The Morgan fingerprint density at radius 1 is 1.15 bits per heavy atom. The number of nitrogens with zero attached hydrogens (tertiary/aromatic N) is 3. The van der Waals surface area contributed by atoms with Gasteiger partial charge in [-0.2, -0.15) is 0 Å². The Balaban J connectivity index is 1.58. The maximum Gasteiger partial charge on any atom is 0.257 e. The van der Waals surface area contributed by atoms with Crippen LogP contribution in [0.25, 0.3) is 0 Å². The highest BCUT2D eigenvalue weighted by atomic mass is 32.1. The van der Waals surface area contributed by atoms with Crippen LogP contribution >= 0.6 is 11.3 Å². The van der Waals surface area contributed by atoms with E-state index in [4.69, 9.17) is 0 Å². The van der Waals surface area contributed by atoms with Crippen molar-refractivity contribution in [1.82, 2.24) is 9.80 Å². The predicted molar refractivity (Wildman–Crippen MR) is 100 cm³/mol. The van der Waals surface area contributed by atoms with Crippen LogP contribution in [0, 0.1) is 5.92 Å². The van der Waals surface area contributed by atoms with Gasteiger partial charge in [0.2, 0.25) is 11.8 Å². The summed E-state index contributed by atoms with van der Waals surface area (Å²) in [4.78, 5) is 43.8.